The Morgan fingerprint density at radius 3 is 2.41 bits per heavy atom. The van der Waals surface area contributed by atoms with E-state index in [1.54, 1.807) is 48.5 Å². The summed E-state index contributed by atoms with van der Waals surface area (Å²) in [5, 5.41) is 9.90. The van der Waals surface area contributed by atoms with Gasteiger partial charge in [0.25, 0.3) is 10.0 Å². The van der Waals surface area contributed by atoms with Gasteiger partial charge in [-0.25, -0.2) is 12.8 Å². The quantitative estimate of drug-likeness (QED) is 0.597. The first-order valence-electron chi connectivity index (χ1n) is 10.6. The molecule has 34 heavy (non-hydrogen) atoms. The van der Waals surface area contributed by atoms with Crippen molar-refractivity contribution in [3.05, 3.63) is 117 Å². The molecule has 3 aromatic rings. The van der Waals surface area contributed by atoms with Gasteiger partial charge in [-0.1, -0.05) is 54.1 Å². The van der Waals surface area contributed by atoms with E-state index in [4.69, 9.17) is 10.5 Å². The molecule has 170 valence electrons. The molecule has 2 aliphatic rings. The third-order valence-electron chi connectivity index (χ3n) is 6.01. The molecule has 0 amide bonds. The fourth-order valence-corrected chi connectivity index (χ4v) is 6.24. The predicted octanol–water partition coefficient (Wildman–Crippen LogP) is 4.66. The average molecular weight is 474 g/mol. The molecule has 0 aliphatic carbocycles. The van der Waals surface area contributed by atoms with Gasteiger partial charge in [0, 0.05) is 5.56 Å². The Hall–Kier alpha value is -4.09. The summed E-state index contributed by atoms with van der Waals surface area (Å²) in [5.74, 6) is -1.34. The Morgan fingerprint density at radius 1 is 1.06 bits per heavy atom. The van der Waals surface area contributed by atoms with Crippen LogP contribution in [0.2, 0.25) is 0 Å². The second-order valence-corrected chi connectivity index (χ2v) is 10.0. The number of fused-ring (bicyclic) bond motifs is 2. The van der Waals surface area contributed by atoms with Crippen LogP contribution in [-0.2, 0) is 21.3 Å². The molecular weight excluding hydrogens is 453 g/mol. The highest BCUT2D eigenvalue weighted by Gasteiger charge is 2.47. The minimum Gasteiger partial charge on any atom is -0.439 e. The SMILES string of the molecule is Cc1ccc([C@H]2C(C#N)=C(N)OC3=C2S(=O)(=O)N(Cc2ccc(F)cc2)c2ccccc23)cc1. The van der Waals surface area contributed by atoms with Crippen molar-refractivity contribution in [3.8, 4) is 6.07 Å². The number of sulfonamides is 1. The standard InChI is InChI=1S/C26H20FN3O3S/c1-16-6-10-18(11-7-16)23-21(14-28)26(29)33-24-20-4-2-3-5-22(20)30(34(31,32)25(23)24)15-17-8-12-19(27)13-9-17/h2-13,23H,15,29H2,1H3/t23-/m0/s1. The lowest BCUT2D eigenvalue weighted by Gasteiger charge is -2.38. The molecule has 6 nitrogen and oxygen atoms in total. The van der Waals surface area contributed by atoms with Crippen molar-refractivity contribution in [1.82, 2.24) is 0 Å². The number of nitrogens with two attached hydrogens (primary N) is 1. The van der Waals surface area contributed by atoms with E-state index in [-0.39, 0.29) is 28.7 Å². The van der Waals surface area contributed by atoms with E-state index in [9.17, 15) is 18.1 Å². The molecule has 0 bridgehead atoms. The van der Waals surface area contributed by atoms with Gasteiger partial charge in [-0.3, -0.25) is 4.31 Å². The molecule has 8 heteroatoms. The number of nitrogens with zero attached hydrogens (tertiary/aromatic N) is 2. The van der Waals surface area contributed by atoms with Crippen LogP contribution in [0, 0.1) is 24.1 Å². The monoisotopic (exact) mass is 473 g/mol. The van der Waals surface area contributed by atoms with Crippen molar-refractivity contribution in [1.29, 1.82) is 5.26 Å². The summed E-state index contributed by atoms with van der Waals surface area (Å²) in [7, 11) is -4.17. The topological polar surface area (TPSA) is 96.4 Å². The third kappa shape index (κ3) is 3.42. The fraction of sp³-hybridized carbons (Fsp3) is 0.115. The molecular formula is C26H20FN3O3S. The molecule has 0 spiro atoms. The Labute approximate surface area is 197 Å². The van der Waals surface area contributed by atoms with Crippen LogP contribution in [0.1, 0.15) is 28.2 Å². The summed E-state index contributed by atoms with van der Waals surface area (Å²) < 4.78 is 48.8. The molecule has 1 atom stereocenters. The van der Waals surface area contributed by atoms with Gasteiger partial charge >= 0.3 is 0 Å². The number of hydrogen-bond acceptors (Lipinski definition) is 5. The van der Waals surface area contributed by atoms with E-state index in [2.05, 4.69) is 6.07 Å². The number of para-hydroxylation sites is 1. The summed E-state index contributed by atoms with van der Waals surface area (Å²) in [6, 6.07) is 22.0. The summed E-state index contributed by atoms with van der Waals surface area (Å²) in [5.41, 5.74) is 9.36. The lowest BCUT2D eigenvalue weighted by molar-refractivity contribution is 0.357. The van der Waals surface area contributed by atoms with E-state index >= 15 is 0 Å². The first kappa shape index (κ1) is 21.7. The molecule has 0 aromatic heterocycles. The molecule has 2 aliphatic heterocycles. The van der Waals surface area contributed by atoms with E-state index in [0.717, 1.165) is 5.56 Å². The van der Waals surface area contributed by atoms with Crippen molar-refractivity contribution in [3.63, 3.8) is 0 Å². The smallest absolute Gasteiger partial charge is 0.265 e. The molecule has 0 saturated carbocycles. The molecule has 0 unspecified atom stereocenters. The van der Waals surface area contributed by atoms with Crippen LogP contribution in [0.15, 0.2) is 89.2 Å². The van der Waals surface area contributed by atoms with Crippen LogP contribution >= 0.6 is 0 Å². The molecule has 5 rings (SSSR count). The van der Waals surface area contributed by atoms with Crippen LogP contribution < -0.4 is 10.0 Å². The van der Waals surface area contributed by atoms with Gasteiger partial charge in [0.05, 0.1) is 18.2 Å². The maximum atomic E-state index is 14.1. The summed E-state index contributed by atoms with van der Waals surface area (Å²) in [4.78, 5) is -0.0390. The second-order valence-electron chi connectivity index (χ2n) is 8.18. The highest BCUT2D eigenvalue weighted by Crippen LogP contribution is 2.51. The van der Waals surface area contributed by atoms with Crippen molar-refractivity contribution >= 4 is 21.5 Å². The van der Waals surface area contributed by atoms with Crippen molar-refractivity contribution < 1.29 is 17.5 Å². The van der Waals surface area contributed by atoms with Crippen LogP contribution in [0.25, 0.3) is 5.76 Å². The highest BCUT2D eigenvalue weighted by molar-refractivity contribution is 7.96. The Morgan fingerprint density at radius 2 is 1.74 bits per heavy atom. The zero-order valence-electron chi connectivity index (χ0n) is 18.2. The number of anilines is 1. The molecule has 3 aromatic carbocycles. The number of benzene rings is 3. The Balaban J connectivity index is 1.75. The number of nitriles is 1. The molecule has 2 N–H and O–H groups in total. The van der Waals surface area contributed by atoms with Crippen LogP contribution in [0.3, 0.4) is 0 Å². The normalized spacial score (nSPS) is 18.6. The minimum absolute atomic E-state index is 0.0158. The fourth-order valence-electron chi connectivity index (χ4n) is 4.33. The zero-order chi connectivity index (χ0) is 24.0. The maximum absolute atomic E-state index is 14.1. The number of ether oxygens (including phenoxy) is 1. The molecule has 2 heterocycles. The summed E-state index contributed by atoms with van der Waals surface area (Å²) in [6.45, 7) is 1.91. The Kier molecular flexibility index (Phi) is 5.14. The predicted molar refractivity (Wildman–Crippen MR) is 127 cm³/mol. The summed E-state index contributed by atoms with van der Waals surface area (Å²) >= 11 is 0. The lowest BCUT2D eigenvalue weighted by Crippen LogP contribution is -2.39. The highest BCUT2D eigenvalue weighted by atomic mass is 32.2. The second kappa shape index (κ2) is 8.04. The first-order chi connectivity index (χ1) is 16.3. The van der Waals surface area contributed by atoms with Crippen LogP contribution in [0.4, 0.5) is 10.1 Å². The average Bonchev–Trinajstić information content (AvgIpc) is 2.82. The van der Waals surface area contributed by atoms with E-state index < -0.39 is 21.8 Å². The lowest BCUT2D eigenvalue weighted by atomic mass is 9.88. The number of aryl methyl sites for hydroxylation is 1. The number of allylic oxidation sites excluding steroid dienone is 2. The van der Waals surface area contributed by atoms with Gasteiger partial charge in [-0.05, 0) is 42.3 Å². The van der Waals surface area contributed by atoms with Crippen molar-refractivity contribution in [2.24, 2.45) is 5.73 Å². The molecule has 0 fully saturated rings. The van der Waals surface area contributed by atoms with Gasteiger partial charge < -0.3 is 10.5 Å². The van der Waals surface area contributed by atoms with E-state index in [1.807, 2.05) is 19.1 Å². The zero-order valence-corrected chi connectivity index (χ0v) is 19.0. The van der Waals surface area contributed by atoms with Crippen LogP contribution in [-0.4, -0.2) is 8.42 Å². The van der Waals surface area contributed by atoms with E-state index in [1.165, 1.54) is 16.4 Å². The van der Waals surface area contributed by atoms with Crippen LogP contribution in [0.5, 0.6) is 0 Å². The minimum atomic E-state index is -4.17. The largest absolute Gasteiger partial charge is 0.439 e. The van der Waals surface area contributed by atoms with Crippen molar-refractivity contribution in [2.45, 2.75) is 19.4 Å². The maximum Gasteiger partial charge on any atom is 0.265 e. The van der Waals surface area contributed by atoms with Crippen molar-refractivity contribution in [2.75, 3.05) is 4.31 Å². The number of hydrogen-bond donors (Lipinski definition) is 1. The van der Waals surface area contributed by atoms with Gasteiger partial charge in [0.1, 0.15) is 22.4 Å². The molecule has 0 radical (unpaired) electrons. The Bertz CT molecular complexity index is 1500. The van der Waals surface area contributed by atoms with E-state index in [0.29, 0.717) is 22.4 Å². The van der Waals surface area contributed by atoms with Gasteiger partial charge in [-0.2, -0.15) is 5.26 Å². The first-order valence-corrected chi connectivity index (χ1v) is 12.0. The summed E-state index contributed by atoms with van der Waals surface area (Å²) in [6.07, 6.45) is 0. The van der Waals surface area contributed by atoms with Gasteiger partial charge in [0.2, 0.25) is 5.88 Å². The van der Waals surface area contributed by atoms with Gasteiger partial charge in [0.15, 0.2) is 5.76 Å². The number of rotatable bonds is 3. The third-order valence-corrected chi connectivity index (χ3v) is 7.89. The number of halogens is 1. The van der Waals surface area contributed by atoms with Gasteiger partial charge in [-0.15, -0.1) is 0 Å². The molecule has 0 saturated heterocycles.